The Balaban J connectivity index is 1.71. The molecule has 1 aliphatic rings. The number of nitrogens with one attached hydrogen (secondary N) is 1. The van der Waals surface area contributed by atoms with Gasteiger partial charge in [0.05, 0.1) is 11.8 Å². The number of nitrogens with zero attached hydrogens (tertiary/aromatic N) is 1. The smallest absolute Gasteiger partial charge is 0.223 e. The van der Waals surface area contributed by atoms with Gasteiger partial charge in [-0.15, -0.1) is 0 Å². The lowest BCUT2D eigenvalue weighted by molar-refractivity contribution is -0.126. The summed E-state index contributed by atoms with van der Waals surface area (Å²) in [7, 11) is -3.18. The minimum Gasteiger partial charge on any atom is -0.345 e. The summed E-state index contributed by atoms with van der Waals surface area (Å²) in [6.07, 6.45) is 1.11. The van der Waals surface area contributed by atoms with Gasteiger partial charge in [0.15, 0.2) is 0 Å². The van der Waals surface area contributed by atoms with Gasteiger partial charge in [-0.2, -0.15) is 0 Å². The fourth-order valence-corrected chi connectivity index (χ4v) is 4.62. The molecule has 6 heteroatoms. The molecule has 1 saturated heterocycles. The van der Waals surface area contributed by atoms with Crippen molar-refractivity contribution in [3.63, 3.8) is 0 Å². The molecule has 1 heterocycles. The van der Waals surface area contributed by atoms with Crippen molar-refractivity contribution >= 4 is 15.9 Å². The highest BCUT2D eigenvalue weighted by Gasteiger charge is 2.31. The summed E-state index contributed by atoms with van der Waals surface area (Å²) in [4.78, 5) is 12.9. The third-order valence-corrected chi connectivity index (χ3v) is 7.02. The highest BCUT2D eigenvalue weighted by molar-refractivity contribution is 7.89. The van der Waals surface area contributed by atoms with Gasteiger partial charge < -0.3 is 5.32 Å². The Kier molecular flexibility index (Phi) is 6.29. The van der Waals surface area contributed by atoms with E-state index in [1.165, 1.54) is 4.31 Å². The molecular formula is C21H26N2O3S. The number of carbonyl (C=O) groups excluding carboxylic acids is 1. The Bertz CT molecular complexity index is 806. The maximum Gasteiger partial charge on any atom is 0.223 e. The SMILES string of the molecule is CCS(=O)(=O)N1CCC(C(=O)NC(c2ccccc2)c2ccccc2)CC1. The number of benzene rings is 2. The van der Waals surface area contributed by atoms with Crippen molar-refractivity contribution in [1.82, 2.24) is 9.62 Å². The topological polar surface area (TPSA) is 66.5 Å². The van der Waals surface area contributed by atoms with Gasteiger partial charge in [0, 0.05) is 19.0 Å². The van der Waals surface area contributed by atoms with E-state index in [1.54, 1.807) is 6.92 Å². The lowest BCUT2D eigenvalue weighted by Crippen LogP contribution is -2.44. The predicted octanol–water partition coefficient (Wildman–Crippen LogP) is 2.95. The molecule has 1 N–H and O–H groups in total. The van der Waals surface area contributed by atoms with Crippen molar-refractivity contribution in [2.45, 2.75) is 25.8 Å². The average molecular weight is 387 g/mol. The van der Waals surface area contributed by atoms with Crippen LogP contribution in [0.4, 0.5) is 0 Å². The standard InChI is InChI=1S/C21H26N2O3S/c1-2-27(25,26)23-15-13-19(14-16-23)21(24)22-20(17-9-5-3-6-10-17)18-11-7-4-8-12-18/h3-12,19-20H,2,13-16H2,1H3,(H,22,24). The first-order valence-electron chi connectivity index (χ1n) is 9.39. The van der Waals surface area contributed by atoms with Crippen molar-refractivity contribution in [3.05, 3.63) is 71.8 Å². The van der Waals surface area contributed by atoms with Gasteiger partial charge in [-0.25, -0.2) is 12.7 Å². The van der Waals surface area contributed by atoms with Crippen LogP contribution in [0, 0.1) is 5.92 Å². The molecule has 2 aromatic carbocycles. The van der Waals surface area contributed by atoms with Crippen LogP contribution >= 0.6 is 0 Å². The Morgan fingerprint density at radius 3 is 1.93 bits per heavy atom. The van der Waals surface area contributed by atoms with E-state index in [4.69, 9.17) is 0 Å². The van der Waals surface area contributed by atoms with Crippen LogP contribution in [0.25, 0.3) is 0 Å². The maximum absolute atomic E-state index is 12.9. The molecule has 1 amide bonds. The maximum atomic E-state index is 12.9. The second-order valence-corrected chi connectivity index (χ2v) is 9.09. The van der Waals surface area contributed by atoms with Crippen LogP contribution in [0.5, 0.6) is 0 Å². The summed E-state index contributed by atoms with van der Waals surface area (Å²) in [6.45, 7) is 2.48. The fourth-order valence-electron chi connectivity index (χ4n) is 3.49. The van der Waals surface area contributed by atoms with E-state index in [0.717, 1.165) is 11.1 Å². The molecule has 144 valence electrons. The highest BCUT2D eigenvalue weighted by Crippen LogP contribution is 2.25. The molecule has 0 unspecified atom stereocenters. The van der Waals surface area contributed by atoms with Gasteiger partial charge in [0.25, 0.3) is 0 Å². The molecule has 0 saturated carbocycles. The van der Waals surface area contributed by atoms with Crippen molar-refractivity contribution in [2.24, 2.45) is 5.92 Å². The Morgan fingerprint density at radius 2 is 1.48 bits per heavy atom. The van der Waals surface area contributed by atoms with Crippen LogP contribution in [0.3, 0.4) is 0 Å². The summed E-state index contributed by atoms with van der Waals surface area (Å²) in [5.74, 6) is -0.0713. The number of piperidine rings is 1. The fraction of sp³-hybridized carbons (Fsp3) is 0.381. The number of carbonyl (C=O) groups is 1. The first-order chi connectivity index (χ1) is 13.0. The van der Waals surface area contributed by atoms with Crippen molar-refractivity contribution in [1.29, 1.82) is 0 Å². The van der Waals surface area contributed by atoms with Crippen molar-refractivity contribution < 1.29 is 13.2 Å². The van der Waals surface area contributed by atoms with Gasteiger partial charge in [-0.3, -0.25) is 4.79 Å². The van der Waals surface area contributed by atoms with Crippen molar-refractivity contribution in [3.8, 4) is 0 Å². The van der Waals surface area contributed by atoms with E-state index in [9.17, 15) is 13.2 Å². The lowest BCUT2D eigenvalue weighted by atomic mass is 9.94. The molecule has 2 aromatic rings. The van der Waals surface area contributed by atoms with Gasteiger partial charge in [0.1, 0.15) is 0 Å². The number of hydrogen-bond donors (Lipinski definition) is 1. The van der Waals surface area contributed by atoms with E-state index >= 15 is 0 Å². The van der Waals surface area contributed by atoms with Crippen molar-refractivity contribution in [2.75, 3.05) is 18.8 Å². The number of sulfonamides is 1. The first kappa shape index (κ1) is 19.6. The molecule has 3 rings (SSSR count). The van der Waals surface area contributed by atoms with E-state index < -0.39 is 10.0 Å². The number of rotatable bonds is 6. The molecular weight excluding hydrogens is 360 g/mol. The molecule has 1 aliphatic heterocycles. The van der Waals surface area contributed by atoms with E-state index in [-0.39, 0.29) is 23.6 Å². The second-order valence-electron chi connectivity index (χ2n) is 6.84. The molecule has 27 heavy (non-hydrogen) atoms. The minimum absolute atomic E-state index is 0.0127. The van der Waals surface area contributed by atoms with E-state index in [0.29, 0.717) is 25.9 Å². The minimum atomic E-state index is -3.18. The van der Waals surface area contributed by atoms with Crippen LogP contribution in [0.1, 0.15) is 36.9 Å². The average Bonchev–Trinajstić information content (AvgIpc) is 2.73. The molecule has 0 radical (unpaired) electrons. The van der Waals surface area contributed by atoms with Gasteiger partial charge in [-0.1, -0.05) is 60.7 Å². The zero-order valence-corrected chi connectivity index (χ0v) is 16.4. The quantitative estimate of drug-likeness (QED) is 0.830. The Hall–Kier alpha value is -2.18. The Morgan fingerprint density at radius 1 is 1.00 bits per heavy atom. The number of amides is 1. The van der Waals surface area contributed by atoms with Crippen LogP contribution < -0.4 is 5.32 Å². The molecule has 0 aliphatic carbocycles. The molecule has 0 aromatic heterocycles. The summed E-state index contributed by atoms with van der Waals surface area (Å²) in [5.41, 5.74) is 2.06. The van der Waals surface area contributed by atoms with Crippen LogP contribution in [-0.2, 0) is 14.8 Å². The van der Waals surface area contributed by atoms with E-state index in [2.05, 4.69) is 5.32 Å². The van der Waals surface area contributed by atoms with Gasteiger partial charge >= 0.3 is 0 Å². The molecule has 0 atom stereocenters. The van der Waals surface area contributed by atoms with Gasteiger partial charge in [0.2, 0.25) is 15.9 Å². The first-order valence-corrected chi connectivity index (χ1v) is 11.0. The summed E-state index contributed by atoms with van der Waals surface area (Å²) >= 11 is 0. The normalized spacial score (nSPS) is 16.4. The zero-order valence-electron chi connectivity index (χ0n) is 15.5. The highest BCUT2D eigenvalue weighted by atomic mass is 32.2. The van der Waals surface area contributed by atoms with E-state index in [1.807, 2.05) is 60.7 Å². The van der Waals surface area contributed by atoms with Crippen LogP contribution in [0.15, 0.2) is 60.7 Å². The third kappa shape index (κ3) is 4.76. The van der Waals surface area contributed by atoms with Gasteiger partial charge in [-0.05, 0) is 30.9 Å². The van der Waals surface area contributed by atoms with Crippen LogP contribution in [-0.4, -0.2) is 37.5 Å². The molecule has 0 spiro atoms. The molecule has 5 nitrogen and oxygen atoms in total. The summed E-state index contributed by atoms with van der Waals surface area (Å²) in [5, 5.41) is 3.18. The largest absolute Gasteiger partial charge is 0.345 e. The predicted molar refractivity (Wildman–Crippen MR) is 107 cm³/mol. The summed E-state index contributed by atoms with van der Waals surface area (Å²) in [6, 6.07) is 19.6. The zero-order chi connectivity index (χ0) is 19.3. The second kappa shape index (κ2) is 8.67. The van der Waals surface area contributed by atoms with Crippen LogP contribution in [0.2, 0.25) is 0 Å². The monoisotopic (exact) mass is 386 g/mol. The molecule has 0 bridgehead atoms. The summed E-state index contributed by atoms with van der Waals surface area (Å²) < 4.78 is 25.5. The third-order valence-electron chi connectivity index (χ3n) is 5.14. The number of hydrogen-bond acceptors (Lipinski definition) is 3. The lowest BCUT2D eigenvalue weighted by Gasteiger charge is -2.31. The molecule has 1 fully saturated rings. The Labute approximate surface area is 161 Å².